The van der Waals surface area contributed by atoms with Crippen molar-refractivity contribution in [2.24, 2.45) is 0 Å². The Morgan fingerprint density at radius 2 is 1.76 bits per heavy atom. The van der Waals surface area contributed by atoms with Gasteiger partial charge in [0.2, 0.25) is 5.91 Å². The number of carbonyl (C=O) groups excluding carboxylic acids is 2. The maximum absolute atomic E-state index is 12.9. The first-order valence-electron chi connectivity index (χ1n) is 10.3. The van der Waals surface area contributed by atoms with Crippen molar-refractivity contribution in [3.63, 3.8) is 0 Å². The number of aryl methyl sites for hydroxylation is 2. The summed E-state index contributed by atoms with van der Waals surface area (Å²) in [4.78, 5) is 28.8. The van der Waals surface area contributed by atoms with E-state index in [1.54, 1.807) is 0 Å². The molecule has 4 rings (SSSR count). The number of carbonyl (C=O) groups is 2. The highest BCUT2D eigenvalue weighted by molar-refractivity contribution is 6.30. The van der Waals surface area contributed by atoms with Crippen LogP contribution < -0.4 is 5.32 Å². The Kier molecular flexibility index (Phi) is 6.16. The number of hydrogen-bond donors (Lipinski definition) is 1. The van der Waals surface area contributed by atoms with E-state index < -0.39 is 0 Å². The molecule has 2 aliphatic heterocycles. The quantitative estimate of drug-likeness (QED) is 0.817. The molecule has 1 fully saturated rings. The summed E-state index contributed by atoms with van der Waals surface area (Å²) in [6, 6.07) is 13.7. The second-order valence-corrected chi connectivity index (χ2v) is 8.22. The standard InChI is InChI=1S/C23H26ClN3O2/c24-20-7-3-17(4-8-20)2-1-11-26-12-14-27(15-13-26)23(29)19-5-9-21-18(16-19)6-10-22(28)25-21/h3-5,7-9,16H,1-2,6,10-15H2,(H,25,28). The molecule has 0 unspecified atom stereocenters. The smallest absolute Gasteiger partial charge is 0.253 e. The van der Waals surface area contributed by atoms with E-state index in [-0.39, 0.29) is 11.8 Å². The third-order valence-electron chi connectivity index (χ3n) is 5.76. The zero-order valence-electron chi connectivity index (χ0n) is 16.5. The normalized spacial score (nSPS) is 17.0. The van der Waals surface area contributed by atoms with Gasteiger partial charge in [0.15, 0.2) is 0 Å². The van der Waals surface area contributed by atoms with Crippen LogP contribution in [-0.2, 0) is 17.6 Å². The summed E-state index contributed by atoms with van der Waals surface area (Å²) in [5.74, 6) is 0.134. The van der Waals surface area contributed by atoms with Gasteiger partial charge < -0.3 is 10.2 Å². The zero-order chi connectivity index (χ0) is 20.2. The molecule has 2 aromatic carbocycles. The number of hydrogen-bond acceptors (Lipinski definition) is 3. The van der Waals surface area contributed by atoms with Gasteiger partial charge in [-0.25, -0.2) is 0 Å². The molecule has 0 saturated carbocycles. The molecule has 2 amide bonds. The first-order valence-corrected chi connectivity index (χ1v) is 10.7. The molecule has 2 heterocycles. The molecule has 0 spiro atoms. The first kappa shape index (κ1) is 19.9. The third kappa shape index (κ3) is 4.98. The van der Waals surface area contributed by atoms with Gasteiger partial charge in [0.05, 0.1) is 0 Å². The number of anilines is 1. The lowest BCUT2D eigenvalue weighted by molar-refractivity contribution is -0.116. The lowest BCUT2D eigenvalue weighted by Gasteiger charge is -2.35. The van der Waals surface area contributed by atoms with E-state index in [9.17, 15) is 9.59 Å². The fourth-order valence-corrected chi connectivity index (χ4v) is 4.16. The van der Waals surface area contributed by atoms with Crippen LogP contribution in [-0.4, -0.2) is 54.3 Å². The van der Waals surface area contributed by atoms with Crippen LogP contribution in [0.5, 0.6) is 0 Å². The van der Waals surface area contributed by atoms with Gasteiger partial charge in [-0.05, 0) is 67.3 Å². The molecule has 0 aliphatic carbocycles. The number of fused-ring (bicyclic) bond motifs is 1. The summed E-state index contributed by atoms with van der Waals surface area (Å²) in [7, 11) is 0. The average Bonchev–Trinajstić information content (AvgIpc) is 2.75. The number of halogens is 1. The highest BCUT2D eigenvalue weighted by Gasteiger charge is 2.23. The Labute approximate surface area is 176 Å². The van der Waals surface area contributed by atoms with Gasteiger partial charge in [0.1, 0.15) is 0 Å². The van der Waals surface area contributed by atoms with Gasteiger partial charge in [-0.15, -0.1) is 0 Å². The fraction of sp³-hybridized carbons (Fsp3) is 0.391. The molecule has 1 N–H and O–H groups in total. The Bertz CT molecular complexity index is 889. The van der Waals surface area contributed by atoms with Crippen molar-refractivity contribution in [2.45, 2.75) is 25.7 Å². The minimum absolute atomic E-state index is 0.0451. The highest BCUT2D eigenvalue weighted by Crippen LogP contribution is 2.24. The van der Waals surface area contributed by atoms with Crippen molar-refractivity contribution in [1.29, 1.82) is 0 Å². The second-order valence-electron chi connectivity index (χ2n) is 7.78. The molecular weight excluding hydrogens is 386 g/mol. The van der Waals surface area contributed by atoms with Crippen LogP contribution in [0, 0.1) is 0 Å². The molecule has 1 saturated heterocycles. The third-order valence-corrected chi connectivity index (χ3v) is 6.01. The summed E-state index contributed by atoms with van der Waals surface area (Å²) < 4.78 is 0. The van der Waals surface area contributed by atoms with Crippen LogP contribution in [0.4, 0.5) is 5.69 Å². The van der Waals surface area contributed by atoms with Gasteiger partial charge in [-0.3, -0.25) is 14.5 Å². The van der Waals surface area contributed by atoms with Gasteiger partial charge in [0, 0.05) is 48.9 Å². The molecule has 0 aromatic heterocycles. The summed E-state index contributed by atoms with van der Waals surface area (Å²) >= 11 is 5.93. The van der Waals surface area contributed by atoms with Crippen LogP contribution >= 0.6 is 11.6 Å². The van der Waals surface area contributed by atoms with Gasteiger partial charge in [0.25, 0.3) is 5.91 Å². The molecule has 2 aliphatic rings. The van der Waals surface area contributed by atoms with Crippen LogP contribution in [0.1, 0.15) is 34.3 Å². The van der Waals surface area contributed by atoms with E-state index in [0.29, 0.717) is 12.8 Å². The van der Waals surface area contributed by atoms with E-state index >= 15 is 0 Å². The zero-order valence-corrected chi connectivity index (χ0v) is 17.3. The predicted molar refractivity (Wildman–Crippen MR) is 116 cm³/mol. The topological polar surface area (TPSA) is 52.7 Å². The van der Waals surface area contributed by atoms with Gasteiger partial charge in [-0.1, -0.05) is 23.7 Å². The van der Waals surface area contributed by atoms with Crippen molar-refractivity contribution in [3.05, 3.63) is 64.2 Å². The summed E-state index contributed by atoms with van der Waals surface area (Å²) in [5.41, 5.74) is 3.92. The Balaban J connectivity index is 1.25. The van der Waals surface area contributed by atoms with Gasteiger partial charge >= 0.3 is 0 Å². The summed E-state index contributed by atoms with van der Waals surface area (Å²) in [6.07, 6.45) is 3.33. The van der Waals surface area contributed by atoms with Crippen LogP contribution in [0.25, 0.3) is 0 Å². The van der Waals surface area contributed by atoms with E-state index in [1.807, 2.05) is 35.2 Å². The molecule has 29 heavy (non-hydrogen) atoms. The van der Waals surface area contributed by atoms with Crippen molar-refractivity contribution in [3.8, 4) is 0 Å². The highest BCUT2D eigenvalue weighted by atomic mass is 35.5. The fourth-order valence-electron chi connectivity index (χ4n) is 4.03. The monoisotopic (exact) mass is 411 g/mol. The molecule has 152 valence electrons. The largest absolute Gasteiger partial charge is 0.336 e. The number of nitrogens with zero attached hydrogens (tertiary/aromatic N) is 2. The van der Waals surface area contributed by atoms with Crippen molar-refractivity contribution < 1.29 is 9.59 Å². The molecule has 0 atom stereocenters. The van der Waals surface area contributed by atoms with Crippen LogP contribution in [0.3, 0.4) is 0 Å². The molecule has 2 aromatic rings. The average molecular weight is 412 g/mol. The summed E-state index contributed by atoms with van der Waals surface area (Å²) in [5, 5.41) is 3.64. The van der Waals surface area contributed by atoms with Gasteiger partial charge in [-0.2, -0.15) is 0 Å². The minimum Gasteiger partial charge on any atom is -0.336 e. The number of nitrogens with one attached hydrogen (secondary N) is 1. The molecular formula is C23H26ClN3O2. The lowest BCUT2D eigenvalue weighted by Crippen LogP contribution is -2.48. The van der Waals surface area contributed by atoms with Crippen molar-refractivity contribution in [2.75, 3.05) is 38.0 Å². The van der Waals surface area contributed by atoms with Crippen LogP contribution in [0.2, 0.25) is 5.02 Å². The summed E-state index contributed by atoms with van der Waals surface area (Å²) in [6.45, 7) is 4.38. The number of piperazine rings is 1. The maximum atomic E-state index is 12.9. The molecule has 0 radical (unpaired) electrons. The number of benzene rings is 2. The maximum Gasteiger partial charge on any atom is 0.253 e. The molecule has 5 nitrogen and oxygen atoms in total. The molecule has 0 bridgehead atoms. The van der Waals surface area contributed by atoms with Crippen LogP contribution in [0.15, 0.2) is 42.5 Å². The Hall–Kier alpha value is -2.37. The lowest BCUT2D eigenvalue weighted by atomic mass is 10.00. The predicted octanol–water partition coefficient (Wildman–Crippen LogP) is 3.62. The van der Waals surface area contributed by atoms with E-state index in [0.717, 1.165) is 67.4 Å². The van der Waals surface area contributed by atoms with Crippen molar-refractivity contribution >= 4 is 29.1 Å². The van der Waals surface area contributed by atoms with E-state index in [1.165, 1.54) is 5.56 Å². The minimum atomic E-state index is 0.0451. The van der Waals surface area contributed by atoms with Crippen molar-refractivity contribution in [1.82, 2.24) is 9.80 Å². The Morgan fingerprint density at radius 3 is 2.52 bits per heavy atom. The SMILES string of the molecule is O=C1CCc2cc(C(=O)N3CCN(CCCc4ccc(Cl)cc4)CC3)ccc2N1. The van der Waals surface area contributed by atoms with E-state index in [2.05, 4.69) is 22.3 Å². The second kappa shape index (κ2) is 8.97. The number of amides is 2. The number of rotatable bonds is 5. The Morgan fingerprint density at radius 1 is 1.00 bits per heavy atom. The van der Waals surface area contributed by atoms with E-state index in [4.69, 9.17) is 11.6 Å². The molecule has 6 heteroatoms. The first-order chi connectivity index (χ1) is 14.1.